The highest BCUT2D eigenvalue weighted by atomic mass is 15.1. The molecule has 0 saturated heterocycles. The van der Waals surface area contributed by atoms with Crippen LogP contribution in [-0.2, 0) is 0 Å². The van der Waals surface area contributed by atoms with Crippen molar-refractivity contribution in [2.24, 2.45) is 0 Å². The number of rotatable bonds is 4. The zero-order chi connectivity index (χ0) is 11.4. The smallest absolute Gasteiger partial charge is 0.0416 e. The maximum atomic E-state index is 5.82. The van der Waals surface area contributed by atoms with Crippen LogP contribution in [0.1, 0.15) is 32.3 Å². The Morgan fingerprint density at radius 2 is 1.87 bits per heavy atom. The van der Waals surface area contributed by atoms with Gasteiger partial charge in [0.1, 0.15) is 0 Å². The second-order valence-corrected chi connectivity index (χ2v) is 4.13. The van der Waals surface area contributed by atoms with E-state index in [4.69, 9.17) is 5.73 Å². The number of benzene rings is 1. The average Bonchev–Trinajstić information content (AvgIpc) is 2.23. The highest BCUT2D eigenvalue weighted by Crippen LogP contribution is 2.25. The van der Waals surface area contributed by atoms with Crippen LogP contribution in [0.15, 0.2) is 18.2 Å². The summed E-state index contributed by atoms with van der Waals surface area (Å²) in [5.41, 5.74) is 9.21. The highest BCUT2D eigenvalue weighted by molar-refractivity contribution is 5.60. The molecule has 0 spiro atoms. The molecule has 2 nitrogen and oxygen atoms in total. The van der Waals surface area contributed by atoms with Crippen molar-refractivity contribution in [3.8, 4) is 0 Å². The van der Waals surface area contributed by atoms with E-state index in [1.807, 2.05) is 6.07 Å². The van der Waals surface area contributed by atoms with Gasteiger partial charge >= 0.3 is 0 Å². The molecule has 0 amide bonds. The van der Waals surface area contributed by atoms with Gasteiger partial charge in [0.05, 0.1) is 0 Å². The zero-order valence-electron chi connectivity index (χ0n) is 10.2. The Morgan fingerprint density at radius 1 is 1.27 bits per heavy atom. The fourth-order valence-electron chi connectivity index (χ4n) is 2.04. The van der Waals surface area contributed by atoms with E-state index in [1.54, 1.807) is 0 Å². The minimum absolute atomic E-state index is 0.602. The van der Waals surface area contributed by atoms with Gasteiger partial charge in [-0.3, -0.25) is 0 Å². The van der Waals surface area contributed by atoms with Crippen LogP contribution in [0.5, 0.6) is 0 Å². The molecule has 84 valence electrons. The molecule has 1 aromatic carbocycles. The number of nitrogens with zero attached hydrogens (tertiary/aromatic N) is 1. The second kappa shape index (κ2) is 5.06. The molecule has 0 bridgehead atoms. The van der Waals surface area contributed by atoms with Crippen molar-refractivity contribution < 1.29 is 0 Å². The van der Waals surface area contributed by atoms with Gasteiger partial charge in [0.25, 0.3) is 0 Å². The third-order valence-corrected chi connectivity index (χ3v) is 3.10. The summed E-state index contributed by atoms with van der Waals surface area (Å²) in [5, 5.41) is 0. The number of hydrogen-bond acceptors (Lipinski definition) is 2. The largest absolute Gasteiger partial charge is 0.399 e. The van der Waals surface area contributed by atoms with Crippen molar-refractivity contribution in [3.05, 3.63) is 23.8 Å². The maximum absolute atomic E-state index is 5.82. The van der Waals surface area contributed by atoms with Crippen LogP contribution < -0.4 is 10.6 Å². The first-order valence-corrected chi connectivity index (χ1v) is 5.69. The first kappa shape index (κ1) is 11.9. The summed E-state index contributed by atoms with van der Waals surface area (Å²) < 4.78 is 0. The van der Waals surface area contributed by atoms with Crippen LogP contribution in [-0.4, -0.2) is 13.1 Å². The van der Waals surface area contributed by atoms with E-state index >= 15 is 0 Å². The SMILES string of the molecule is CCC(CC)N(C)c1cc(N)ccc1C. The standard InChI is InChI=1S/C13H22N2/c1-5-12(6-2)15(4)13-9-11(14)8-7-10(13)3/h7-9,12H,5-6,14H2,1-4H3. The summed E-state index contributed by atoms with van der Waals surface area (Å²) in [6.07, 6.45) is 2.34. The first-order valence-electron chi connectivity index (χ1n) is 5.69. The van der Waals surface area contributed by atoms with Crippen molar-refractivity contribution in [1.82, 2.24) is 0 Å². The number of hydrogen-bond donors (Lipinski definition) is 1. The lowest BCUT2D eigenvalue weighted by molar-refractivity contribution is 0.591. The molecule has 1 rings (SSSR count). The molecule has 0 radical (unpaired) electrons. The van der Waals surface area contributed by atoms with Gasteiger partial charge in [0.2, 0.25) is 0 Å². The second-order valence-electron chi connectivity index (χ2n) is 4.13. The van der Waals surface area contributed by atoms with Gasteiger partial charge in [0, 0.05) is 24.5 Å². The van der Waals surface area contributed by atoms with Crippen LogP contribution in [0.2, 0.25) is 0 Å². The lowest BCUT2D eigenvalue weighted by Gasteiger charge is -2.30. The molecule has 1 aromatic rings. The van der Waals surface area contributed by atoms with Crippen LogP contribution in [0.4, 0.5) is 11.4 Å². The van der Waals surface area contributed by atoms with Crippen molar-refractivity contribution in [2.75, 3.05) is 17.7 Å². The molecule has 0 fully saturated rings. The summed E-state index contributed by atoms with van der Waals surface area (Å²) in [6.45, 7) is 6.59. The third kappa shape index (κ3) is 2.65. The van der Waals surface area contributed by atoms with Crippen molar-refractivity contribution in [1.29, 1.82) is 0 Å². The Bertz CT molecular complexity index is 316. The van der Waals surface area contributed by atoms with Crippen molar-refractivity contribution in [3.63, 3.8) is 0 Å². The first-order chi connectivity index (χ1) is 7.10. The Balaban J connectivity index is 2.98. The van der Waals surface area contributed by atoms with Crippen LogP contribution in [0.3, 0.4) is 0 Å². The summed E-state index contributed by atoms with van der Waals surface area (Å²) in [6, 6.07) is 6.71. The molecule has 0 heterocycles. The minimum atomic E-state index is 0.602. The van der Waals surface area contributed by atoms with Gasteiger partial charge in [-0.15, -0.1) is 0 Å². The molecular weight excluding hydrogens is 184 g/mol. The molecule has 0 aromatic heterocycles. The van der Waals surface area contributed by atoms with E-state index in [1.165, 1.54) is 24.1 Å². The van der Waals surface area contributed by atoms with Crippen LogP contribution in [0.25, 0.3) is 0 Å². The van der Waals surface area contributed by atoms with Gasteiger partial charge in [0.15, 0.2) is 0 Å². The Hall–Kier alpha value is -1.18. The summed E-state index contributed by atoms with van der Waals surface area (Å²) in [4.78, 5) is 2.34. The van der Waals surface area contributed by atoms with Gasteiger partial charge in [-0.25, -0.2) is 0 Å². The lowest BCUT2D eigenvalue weighted by atomic mass is 10.1. The maximum Gasteiger partial charge on any atom is 0.0416 e. The molecule has 2 N–H and O–H groups in total. The number of nitrogens with two attached hydrogens (primary N) is 1. The van der Waals surface area contributed by atoms with Gasteiger partial charge in [-0.2, -0.15) is 0 Å². The lowest BCUT2D eigenvalue weighted by Crippen LogP contribution is -2.30. The van der Waals surface area contributed by atoms with E-state index in [0.717, 1.165) is 5.69 Å². The molecule has 15 heavy (non-hydrogen) atoms. The zero-order valence-corrected chi connectivity index (χ0v) is 10.2. The van der Waals surface area contributed by atoms with Crippen LogP contribution in [0, 0.1) is 6.92 Å². The molecule has 0 aliphatic rings. The average molecular weight is 206 g/mol. The molecule has 0 saturated carbocycles. The molecular formula is C13H22N2. The van der Waals surface area contributed by atoms with Gasteiger partial charge in [-0.05, 0) is 37.5 Å². The van der Waals surface area contributed by atoms with Crippen LogP contribution >= 0.6 is 0 Å². The Morgan fingerprint density at radius 3 is 2.40 bits per heavy atom. The normalized spacial score (nSPS) is 10.7. The molecule has 2 heteroatoms. The quantitative estimate of drug-likeness (QED) is 0.766. The predicted molar refractivity (Wildman–Crippen MR) is 68.4 cm³/mol. The molecule has 0 aliphatic heterocycles. The monoisotopic (exact) mass is 206 g/mol. The van der Waals surface area contributed by atoms with E-state index in [0.29, 0.717) is 6.04 Å². The Labute approximate surface area is 93.1 Å². The summed E-state index contributed by atoms with van der Waals surface area (Å²) >= 11 is 0. The van der Waals surface area contributed by atoms with Gasteiger partial charge in [-0.1, -0.05) is 19.9 Å². The molecule has 0 unspecified atom stereocenters. The molecule has 0 aliphatic carbocycles. The van der Waals surface area contributed by atoms with E-state index in [9.17, 15) is 0 Å². The van der Waals surface area contributed by atoms with E-state index in [-0.39, 0.29) is 0 Å². The summed E-state index contributed by atoms with van der Waals surface area (Å²) in [7, 11) is 2.15. The van der Waals surface area contributed by atoms with E-state index < -0.39 is 0 Å². The highest BCUT2D eigenvalue weighted by Gasteiger charge is 2.12. The topological polar surface area (TPSA) is 29.3 Å². The molecule has 0 atom stereocenters. The van der Waals surface area contributed by atoms with Gasteiger partial charge < -0.3 is 10.6 Å². The summed E-state index contributed by atoms with van der Waals surface area (Å²) in [5.74, 6) is 0. The minimum Gasteiger partial charge on any atom is -0.399 e. The number of nitrogen functional groups attached to an aromatic ring is 1. The third-order valence-electron chi connectivity index (χ3n) is 3.10. The Kier molecular flexibility index (Phi) is 4.01. The van der Waals surface area contributed by atoms with E-state index in [2.05, 4.69) is 44.9 Å². The fourth-order valence-corrected chi connectivity index (χ4v) is 2.04. The predicted octanol–water partition coefficient (Wildman–Crippen LogP) is 3.20. The van der Waals surface area contributed by atoms with Crippen molar-refractivity contribution >= 4 is 11.4 Å². The number of anilines is 2. The van der Waals surface area contributed by atoms with Crippen molar-refractivity contribution in [2.45, 2.75) is 39.7 Å². The number of aryl methyl sites for hydroxylation is 1. The fraction of sp³-hybridized carbons (Fsp3) is 0.538.